The molecule has 2 heterocycles. The molecule has 1 aromatic heterocycles. The summed E-state index contributed by atoms with van der Waals surface area (Å²) in [5, 5.41) is 1.44. The molecule has 0 saturated carbocycles. The first-order chi connectivity index (χ1) is 14.1. The van der Waals surface area contributed by atoms with Gasteiger partial charge >= 0.3 is 0 Å². The van der Waals surface area contributed by atoms with Gasteiger partial charge in [0, 0.05) is 16.0 Å². The van der Waals surface area contributed by atoms with Gasteiger partial charge in [-0.3, -0.25) is 14.5 Å². The van der Waals surface area contributed by atoms with Crippen LogP contribution in [0.25, 0.3) is 22.1 Å². The van der Waals surface area contributed by atoms with Crippen LogP contribution in [-0.2, 0) is 0 Å². The summed E-state index contributed by atoms with van der Waals surface area (Å²) >= 11 is 6.24. The van der Waals surface area contributed by atoms with Gasteiger partial charge < -0.3 is 4.42 Å². The molecule has 0 bridgehead atoms. The number of carbonyl (C=O) groups excluding carboxylic acids is 2. The Morgan fingerprint density at radius 3 is 2.14 bits per heavy atom. The van der Waals surface area contributed by atoms with Crippen LogP contribution in [0.2, 0.25) is 5.02 Å². The lowest BCUT2D eigenvalue weighted by Gasteiger charge is -2.22. The molecule has 5 heteroatoms. The SMILES string of the molecule is CC(c1oc2ccc(Cl)cc2c1-c1ccccc1)N1C(=O)c2ccccc2C1=O. The van der Waals surface area contributed by atoms with Crippen molar-refractivity contribution in [2.45, 2.75) is 13.0 Å². The zero-order valence-corrected chi connectivity index (χ0v) is 16.3. The fourth-order valence-electron chi connectivity index (χ4n) is 3.96. The quantitative estimate of drug-likeness (QED) is 0.389. The zero-order valence-electron chi connectivity index (χ0n) is 15.6. The van der Waals surface area contributed by atoms with Gasteiger partial charge in [-0.25, -0.2) is 0 Å². The van der Waals surface area contributed by atoms with Crippen LogP contribution in [0, 0.1) is 0 Å². The molecule has 0 N–H and O–H groups in total. The Kier molecular flexibility index (Phi) is 4.03. The Hall–Kier alpha value is -3.37. The minimum Gasteiger partial charge on any atom is -0.458 e. The lowest BCUT2D eigenvalue weighted by Crippen LogP contribution is -2.32. The highest BCUT2D eigenvalue weighted by molar-refractivity contribution is 6.31. The largest absolute Gasteiger partial charge is 0.458 e. The van der Waals surface area contributed by atoms with Gasteiger partial charge in [-0.05, 0) is 42.8 Å². The molecule has 1 aliphatic heterocycles. The van der Waals surface area contributed by atoms with Crippen LogP contribution >= 0.6 is 11.6 Å². The fourth-order valence-corrected chi connectivity index (χ4v) is 4.13. The standard InChI is InChI=1S/C24H16ClNO3/c1-14(26-23(27)17-9-5-6-10-18(17)24(26)28)22-21(15-7-3-2-4-8-15)19-13-16(25)11-12-20(19)29-22/h2-14H,1H3. The van der Waals surface area contributed by atoms with Gasteiger partial charge in [0.1, 0.15) is 11.3 Å². The van der Waals surface area contributed by atoms with E-state index in [1.807, 2.05) is 49.4 Å². The molecule has 4 nitrogen and oxygen atoms in total. The predicted octanol–water partition coefficient (Wildman–Crippen LogP) is 6.11. The average molecular weight is 402 g/mol. The molecule has 1 atom stereocenters. The van der Waals surface area contributed by atoms with E-state index < -0.39 is 6.04 Å². The molecule has 2 amide bonds. The molecule has 0 spiro atoms. The van der Waals surface area contributed by atoms with Crippen LogP contribution in [0.15, 0.2) is 77.2 Å². The van der Waals surface area contributed by atoms with E-state index in [-0.39, 0.29) is 11.8 Å². The van der Waals surface area contributed by atoms with Crippen LogP contribution in [0.5, 0.6) is 0 Å². The van der Waals surface area contributed by atoms with Crippen LogP contribution in [0.4, 0.5) is 0 Å². The zero-order chi connectivity index (χ0) is 20.1. The Labute approximate surface area is 172 Å². The van der Waals surface area contributed by atoms with Crippen molar-refractivity contribution in [3.8, 4) is 11.1 Å². The third-order valence-electron chi connectivity index (χ3n) is 5.33. The number of halogens is 1. The summed E-state index contributed by atoms with van der Waals surface area (Å²) in [5.74, 6) is -0.0610. The second-order valence-electron chi connectivity index (χ2n) is 7.05. The topological polar surface area (TPSA) is 50.5 Å². The maximum atomic E-state index is 13.0. The van der Waals surface area contributed by atoms with Crippen molar-refractivity contribution in [3.63, 3.8) is 0 Å². The van der Waals surface area contributed by atoms with Crippen molar-refractivity contribution in [1.82, 2.24) is 4.90 Å². The Morgan fingerprint density at radius 1 is 0.862 bits per heavy atom. The molecule has 1 unspecified atom stereocenters. The number of nitrogens with zero attached hydrogens (tertiary/aromatic N) is 1. The summed E-state index contributed by atoms with van der Waals surface area (Å²) < 4.78 is 6.17. The Balaban J connectivity index is 1.70. The molecule has 1 aliphatic rings. The Bertz CT molecular complexity index is 1240. The van der Waals surface area contributed by atoms with Crippen LogP contribution < -0.4 is 0 Å². The summed E-state index contributed by atoms with van der Waals surface area (Å²) in [7, 11) is 0. The lowest BCUT2D eigenvalue weighted by molar-refractivity contribution is 0.0580. The monoisotopic (exact) mass is 401 g/mol. The highest BCUT2D eigenvalue weighted by Gasteiger charge is 2.40. The first-order valence-electron chi connectivity index (χ1n) is 9.30. The number of carbonyl (C=O) groups is 2. The molecule has 142 valence electrons. The molecule has 0 aliphatic carbocycles. The minimum atomic E-state index is -0.580. The van der Waals surface area contributed by atoms with Gasteiger partial charge in [0.05, 0.1) is 17.2 Å². The second kappa shape index (κ2) is 6.61. The van der Waals surface area contributed by atoms with Gasteiger partial charge in [-0.1, -0.05) is 54.1 Å². The first-order valence-corrected chi connectivity index (χ1v) is 9.68. The van der Waals surface area contributed by atoms with Crippen molar-refractivity contribution in [2.24, 2.45) is 0 Å². The van der Waals surface area contributed by atoms with E-state index in [0.717, 1.165) is 16.5 Å². The number of amides is 2. The molecule has 0 fully saturated rings. The number of fused-ring (bicyclic) bond motifs is 2. The smallest absolute Gasteiger partial charge is 0.262 e. The number of rotatable bonds is 3. The van der Waals surface area contributed by atoms with Crippen molar-refractivity contribution >= 4 is 34.4 Å². The van der Waals surface area contributed by atoms with Gasteiger partial charge in [-0.15, -0.1) is 0 Å². The number of benzene rings is 3. The van der Waals surface area contributed by atoms with Crippen LogP contribution in [0.1, 0.15) is 39.4 Å². The molecule has 29 heavy (non-hydrogen) atoms. The van der Waals surface area contributed by atoms with Crippen LogP contribution in [-0.4, -0.2) is 16.7 Å². The maximum Gasteiger partial charge on any atom is 0.262 e. The van der Waals surface area contributed by atoms with Gasteiger partial charge in [0.25, 0.3) is 11.8 Å². The summed E-state index contributed by atoms with van der Waals surface area (Å²) in [4.78, 5) is 27.2. The van der Waals surface area contributed by atoms with Crippen molar-refractivity contribution in [2.75, 3.05) is 0 Å². The summed E-state index contributed by atoms with van der Waals surface area (Å²) in [5.41, 5.74) is 3.28. The normalized spacial score (nSPS) is 14.5. The van der Waals surface area contributed by atoms with Gasteiger partial charge in [-0.2, -0.15) is 0 Å². The second-order valence-corrected chi connectivity index (χ2v) is 7.49. The third kappa shape index (κ3) is 2.68. The van der Waals surface area contributed by atoms with E-state index in [1.54, 1.807) is 30.3 Å². The Morgan fingerprint density at radius 2 is 1.48 bits per heavy atom. The number of hydrogen-bond acceptors (Lipinski definition) is 3. The van der Waals surface area contributed by atoms with Crippen molar-refractivity contribution < 1.29 is 14.0 Å². The van der Waals surface area contributed by atoms with Crippen LogP contribution in [0.3, 0.4) is 0 Å². The molecular weight excluding hydrogens is 386 g/mol. The summed E-state index contributed by atoms with van der Waals surface area (Å²) in [6.07, 6.45) is 0. The van der Waals surface area contributed by atoms with Gasteiger partial charge in [0.2, 0.25) is 0 Å². The maximum absolute atomic E-state index is 13.0. The molecule has 3 aromatic carbocycles. The third-order valence-corrected chi connectivity index (χ3v) is 5.57. The molecule has 0 saturated heterocycles. The molecular formula is C24H16ClNO3. The van der Waals surface area contributed by atoms with E-state index in [1.165, 1.54) is 4.90 Å². The molecule has 5 rings (SSSR count). The highest BCUT2D eigenvalue weighted by Crippen LogP contribution is 2.42. The molecule has 0 radical (unpaired) electrons. The van der Waals surface area contributed by atoms with E-state index in [2.05, 4.69) is 0 Å². The van der Waals surface area contributed by atoms with Crippen molar-refractivity contribution in [3.05, 3.63) is 94.7 Å². The number of imide groups is 1. The summed E-state index contributed by atoms with van der Waals surface area (Å²) in [6.45, 7) is 1.81. The summed E-state index contributed by atoms with van der Waals surface area (Å²) in [6, 6.07) is 21.5. The average Bonchev–Trinajstić information content (AvgIpc) is 3.24. The number of furan rings is 1. The highest BCUT2D eigenvalue weighted by atomic mass is 35.5. The van der Waals surface area contributed by atoms with E-state index in [9.17, 15) is 9.59 Å². The fraction of sp³-hybridized carbons (Fsp3) is 0.0833. The van der Waals surface area contributed by atoms with E-state index >= 15 is 0 Å². The van der Waals surface area contributed by atoms with E-state index in [0.29, 0.717) is 27.5 Å². The van der Waals surface area contributed by atoms with Gasteiger partial charge in [0.15, 0.2) is 0 Å². The lowest BCUT2D eigenvalue weighted by atomic mass is 9.99. The minimum absolute atomic E-state index is 0.310. The van der Waals surface area contributed by atoms with Crippen molar-refractivity contribution in [1.29, 1.82) is 0 Å². The number of hydrogen-bond donors (Lipinski definition) is 0. The molecule has 4 aromatic rings. The first kappa shape index (κ1) is 17.7. The predicted molar refractivity (Wildman–Crippen MR) is 112 cm³/mol. The van der Waals surface area contributed by atoms with E-state index in [4.69, 9.17) is 16.0 Å².